The van der Waals surface area contributed by atoms with Crippen molar-refractivity contribution in [1.29, 1.82) is 0 Å². The molecule has 0 aliphatic carbocycles. The maximum Gasteiger partial charge on any atom is 0.252 e. The van der Waals surface area contributed by atoms with Crippen molar-refractivity contribution >= 4 is 17.5 Å². The van der Waals surface area contributed by atoms with E-state index in [2.05, 4.69) is 5.32 Å². The molecular formula is C12H10F4N2O2. The Morgan fingerprint density at radius 1 is 1.20 bits per heavy atom. The highest BCUT2D eigenvalue weighted by Gasteiger charge is 2.38. The van der Waals surface area contributed by atoms with Gasteiger partial charge in [0.25, 0.3) is 5.91 Å². The summed E-state index contributed by atoms with van der Waals surface area (Å²) in [6.45, 7) is 1.67. The number of amides is 2. The predicted molar refractivity (Wildman–Crippen MR) is 60.7 cm³/mol. The number of rotatable bonds is 3. The van der Waals surface area contributed by atoms with E-state index in [-0.39, 0.29) is 19.0 Å². The number of nitrogens with zero attached hydrogens (tertiary/aromatic N) is 1. The summed E-state index contributed by atoms with van der Waals surface area (Å²) < 4.78 is 52.9. The van der Waals surface area contributed by atoms with Gasteiger partial charge in [-0.25, -0.2) is 17.6 Å². The number of imide groups is 1. The van der Waals surface area contributed by atoms with Crippen LogP contribution in [0.4, 0.5) is 23.2 Å². The fourth-order valence-electron chi connectivity index (χ4n) is 2.00. The molecule has 0 saturated carbocycles. The van der Waals surface area contributed by atoms with E-state index in [1.807, 2.05) is 0 Å². The van der Waals surface area contributed by atoms with Crippen molar-refractivity contribution in [2.24, 2.45) is 0 Å². The molecule has 1 fully saturated rings. The van der Waals surface area contributed by atoms with E-state index in [1.165, 1.54) is 0 Å². The first kappa shape index (κ1) is 14.3. The van der Waals surface area contributed by atoms with Gasteiger partial charge in [0, 0.05) is 12.6 Å². The quantitative estimate of drug-likeness (QED) is 0.524. The zero-order valence-corrected chi connectivity index (χ0v) is 10.3. The molecule has 20 heavy (non-hydrogen) atoms. The summed E-state index contributed by atoms with van der Waals surface area (Å²) in [6, 6.07) is -1.18. The van der Waals surface area contributed by atoms with Gasteiger partial charge in [-0.2, -0.15) is 0 Å². The molecule has 0 radical (unpaired) electrons. The summed E-state index contributed by atoms with van der Waals surface area (Å²) >= 11 is 0. The number of nitrogens with one attached hydrogen (secondary N) is 1. The Hall–Kier alpha value is -2.12. The largest absolute Gasteiger partial charge is 0.368 e. The number of carbonyl (C=O) groups excluding carboxylic acids is 2. The minimum atomic E-state index is -1.64. The van der Waals surface area contributed by atoms with Crippen molar-refractivity contribution in [3.05, 3.63) is 29.3 Å². The molecule has 4 nitrogen and oxygen atoms in total. The standard InChI is InChI=1S/C12H10F4N2O2/c1-2-18-8(19)4-7(12(18)20)17-11-9(15)5(13)3-6(14)10(11)16/h3,7,17H,2,4H2,1H3. The maximum atomic E-state index is 13.4. The van der Waals surface area contributed by atoms with Gasteiger partial charge in [-0.1, -0.05) is 0 Å². The van der Waals surface area contributed by atoms with Crippen LogP contribution in [-0.4, -0.2) is 29.3 Å². The molecule has 1 saturated heterocycles. The van der Waals surface area contributed by atoms with Gasteiger partial charge in [0.05, 0.1) is 6.42 Å². The van der Waals surface area contributed by atoms with Crippen LogP contribution in [0.1, 0.15) is 13.3 Å². The molecule has 1 aromatic rings. The van der Waals surface area contributed by atoms with E-state index in [4.69, 9.17) is 0 Å². The Kier molecular flexibility index (Phi) is 3.65. The second kappa shape index (κ2) is 5.10. The van der Waals surface area contributed by atoms with Crippen LogP contribution in [0.2, 0.25) is 0 Å². The van der Waals surface area contributed by atoms with Crippen LogP contribution in [0, 0.1) is 23.3 Å². The van der Waals surface area contributed by atoms with Gasteiger partial charge in [0.15, 0.2) is 23.3 Å². The van der Waals surface area contributed by atoms with Gasteiger partial charge in [-0.15, -0.1) is 0 Å². The predicted octanol–water partition coefficient (Wildman–Crippen LogP) is 1.80. The molecule has 1 N–H and O–H groups in total. The number of halogens is 4. The molecular weight excluding hydrogens is 280 g/mol. The summed E-state index contributed by atoms with van der Waals surface area (Å²) in [7, 11) is 0. The van der Waals surface area contributed by atoms with E-state index >= 15 is 0 Å². The Morgan fingerprint density at radius 3 is 2.20 bits per heavy atom. The van der Waals surface area contributed by atoms with Crippen LogP contribution >= 0.6 is 0 Å². The third-order valence-corrected chi connectivity index (χ3v) is 2.99. The third kappa shape index (κ3) is 2.21. The van der Waals surface area contributed by atoms with Crippen molar-refractivity contribution in [3.63, 3.8) is 0 Å². The fourth-order valence-corrected chi connectivity index (χ4v) is 2.00. The zero-order chi connectivity index (χ0) is 15.0. The molecule has 1 aliphatic heterocycles. The number of hydrogen-bond acceptors (Lipinski definition) is 3. The summed E-state index contributed by atoms with van der Waals surface area (Å²) in [5.74, 6) is -7.67. The van der Waals surface area contributed by atoms with E-state index < -0.39 is 46.8 Å². The second-order valence-electron chi connectivity index (χ2n) is 4.22. The Balaban J connectivity index is 2.32. The molecule has 1 aromatic carbocycles. The third-order valence-electron chi connectivity index (χ3n) is 2.99. The van der Waals surface area contributed by atoms with Crippen molar-refractivity contribution in [1.82, 2.24) is 4.90 Å². The first-order chi connectivity index (χ1) is 9.36. The summed E-state index contributed by atoms with van der Waals surface area (Å²) in [5, 5.41) is 2.06. The smallest absolute Gasteiger partial charge is 0.252 e. The minimum Gasteiger partial charge on any atom is -0.368 e. The second-order valence-corrected chi connectivity index (χ2v) is 4.22. The van der Waals surface area contributed by atoms with Crippen molar-refractivity contribution in [2.45, 2.75) is 19.4 Å². The van der Waals surface area contributed by atoms with Gasteiger partial charge in [0.1, 0.15) is 11.7 Å². The minimum absolute atomic E-state index is 0.0653. The first-order valence-electron chi connectivity index (χ1n) is 5.80. The Labute approximate surface area is 111 Å². The highest BCUT2D eigenvalue weighted by atomic mass is 19.2. The fraction of sp³-hybridized carbons (Fsp3) is 0.333. The SMILES string of the molecule is CCN1C(=O)CC(Nc2c(F)c(F)cc(F)c2F)C1=O. The molecule has 2 rings (SSSR count). The monoisotopic (exact) mass is 290 g/mol. The van der Waals surface area contributed by atoms with Crippen molar-refractivity contribution in [2.75, 3.05) is 11.9 Å². The lowest BCUT2D eigenvalue weighted by Crippen LogP contribution is -2.35. The lowest BCUT2D eigenvalue weighted by Gasteiger charge is -2.15. The summed E-state index contributed by atoms with van der Waals surface area (Å²) in [6.07, 6.45) is -0.330. The Bertz CT molecular complexity index is 565. The average molecular weight is 290 g/mol. The first-order valence-corrected chi connectivity index (χ1v) is 5.80. The molecule has 1 atom stereocenters. The number of likely N-dealkylation sites (tertiary alicyclic amines) is 1. The molecule has 1 unspecified atom stereocenters. The summed E-state index contributed by atoms with van der Waals surface area (Å²) in [5.41, 5.74) is -1.09. The topological polar surface area (TPSA) is 49.4 Å². The van der Waals surface area contributed by atoms with Gasteiger partial charge >= 0.3 is 0 Å². The molecule has 108 valence electrons. The van der Waals surface area contributed by atoms with Crippen molar-refractivity contribution < 1.29 is 27.2 Å². The molecule has 0 aromatic heterocycles. The Morgan fingerprint density at radius 2 is 1.75 bits per heavy atom. The van der Waals surface area contributed by atoms with Crippen LogP contribution in [0.25, 0.3) is 0 Å². The van der Waals surface area contributed by atoms with Crippen LogP contribution in [0.15, 0.2) is 6.07 Å². The maximum absolute atomic E-state index is 13.4. The number of carbonyl (C=O) groups is 2. The van der Waals surface area contributed by atoms with Crippen LogP contribution < -0.4 is 5.32 Å². The molecule has 8 heteroatoms. The number of likely N-dealkylation sites (N-methyl/N-ethyl adjacent to an activating group) is 1. The summed E-state index contributed by atoms with van der Waals surface area (Å²) in [4.78, 5) is 24.1. The van der Waals surface area contributed by atoms with E-state index in [1.54, 1.807) is 6.92 Å². The lowest BCUT2D eigenvalue weighted by molar-refractivity contribution is -0.138. The van der Waals surface area contributed by atoms with Gasteiger partial charge in [0.2, 0.25) is 5.91 Å². The van der Waals surface area contributed by atoms with Crippen molar-refractivity contribution in [3.8, 4) is 0 Å². The van der Waals surface area contributed by atoms with Gasteiger partial charge < -0.3 is 5.32 Å². The van der Waals surface area contributed by atoms with Crippen LogP contribution in [-0.2, 0) is 9.59 Å². The normalized spacial score (nSPS) is 18.9. The lowest BCUT2D eigenvalue weighted by atomic mass is 10.2. The van der Waals surface area contributed by atoms with E-state index in [0.29, 0.717) is 0 Å². The highest BCUT2D eigenvalue weighted by Crippen LogP contribution is 2.27. The highest BCUT2D eigenvalue weighted by molar-refractivity contribution is 6.06. The number of anilines is 1. The molecule has 1 heterocycles. The van der Waals surface area contributed by atoms with E-state index in [9.17, 15) is 27.2 Å². The van der Waals surface area contributed by atoms with Crippen LogP contribution in [0.5, 0.6) is 0 Å². The zero-order valence-electron chi connectivity index (χ0n) is 10.3. The number of benzene rings is 1. The average Bonchev–Trinajstić information content (AvgIpc) is 2.66. The van der Waals surface area contributed by atoms with Gasteiger partial charge in [-0.05, 0) is 6.92 Å². The molecule has 0 bridgehead atoms. The molecule has 0 spiro atoms. The molecule has 2 amide bonds. The van der Waals surface area contributed by atoms with E-state index in [0.717, 1.165) is 4.90 Å². The number of hydrogen-bond donors (Lipinski definition) is 1. The van der Waals surface area contributed by atoms with Gasteiger partial charge in [-0.3, -0.25) is 14.5 Å². The molecule has 1 aliphatic rings. The van der Waals surface area contributed by atoms with Crippen LogP contribution in [0.3, 0.4) is 0 Å².